The van der Waals surface area contributed by atoms with Crippen molar-refractivity contribution in [3.05, 3.63) is 23.3 Å². The lowest BCUT2D eigenvalue weighted by Crippen LogP contribution is -1.94. The number of rotatable bonds is 2. The summed E-state index contributed by atoms with van der Waals surface area (Å²) in [6, 6.07) is 3.36. The van der Waals surface area contributed by atoms with Crippen molar-refractivity contribution in [1.29, 1.82) is 0 Å². The van der Waals surface area contributed by atoms with Crippen molar-refractivity contribution >= 4 is 17.5 Å². The number of benzene rings is 1. The number of carbonyl (C=O) groups excluding carboxylic acids is 1. The van der Waals surface area contributed by atoms with Crippen molar-refractivity contribution < 1.29 is 9.90 Å². The van der Waals surface area contributed by atoms with Gasteiger partial charge < -0.3 is 5.11 Å². The molecule has 0 heterocycles. The molecule has 0 bridgehead atoms. The first-order valence-electron chi connectivity index (χ1n) is 3.94. The van der Waals surface area contributed by atoms with E-state index < -0.39 is 0 Å². The van der Waals surface area contributed by atoms with E-state index in [0.29, 0.717) is 5.56 Å². The average Bonchev–Trinajstić information content (AvgIpc) is 2.03. The third kappa shape index (κ3) is 2.04. The second kappa shape index (κ2) is 3.83. The fourth-order valence-electron chi connectivity index (χ4n) is 1.17. The van der Waals surface area contributed by atoms with E-state index in [4.69, 9.17) is 0 Å². The fraction of sp³-hybridized carbons (Fsp3) is 0.300. The molecule has 0 aliphatic rings. The molecule has 0 aromatic heterocycles. The molecule has 0 amide bonds. The Hall–Kier alpha value is -0.960. The molecule has 1 aromatic rings. The number of hydrogen-bond acceptors (Lipinski definition) is 3. The number of phenolic OH excluding ortho intramolecular Hbond substituents is 1. The van der Waals surface area contributed by atoms with Gasteiger partial charge in [-0.3, -0.25) is 4.79 Å². The highest BCUT2D eigenvalue weighted by Crippen LogP contribution is 2.27. The summed E-state index contributed by atoms with van der Waals surface area (Å²) in [5, 5.41) is 9.45. The lowest BCUT2D eigenvalue weighted by atomic mass is 10.1. The number of hydrogen-bond donors (Lipinski definition) is 1. The summed E-state index contributed by atoms with van der Waals surface area (Å²) in [5.41, 5.74) is 1.39. The minimum absolute atomic E-state index is 0.0720. The summed E-state index contributed by atoms with van der Waals surface area (Å²) >= 11 is 1.57. The van der Waals surface area contributed by atoms with Crippen molar-refractivity contribution in [3.8, 4) is 5.75 Å². The van der Waals surface area contributed by atoms with Crippen LogP contribution in [-0.2, 0) is 0 Å². The minimum atomic E-state index is -0.104. The van der Waals surface area contributed by atoms with E-state index in [1.165, 1.54) is 6.92 Å². The highest BCUT2D eigenvalue weighted by Gasteiger charge is 2.09. The topological polar surface area (TPSA) is 37.3 Å². The van der Waals surface area contributed by atoms with Gasteiger partial charge in [-0.1, -0.05) is 0 Å². The zero-order chi connectivity index (χ0) is 10.0. The third-order valence-corrected chi connectivity index (χ3v) is 2.77. The number of aromatic hydroxyl groups is 1. The Labute approximate surface area is 82.0 Å². The molecule has 0 aliphatic heterocycles. The summed E-state index contributed by atoms with van der Waals surface area (Å²) in [6.45, 7) is 3.37. The molecule has 0 spiro atoms. The molecule has 1 aromatic carbocycles. The van der Waals surface area contributed by atoms with E-state index in [1.807, 2.05) is 13.2 Å². The molecule has 1 rings (SSSR count). The van der Waals surface area contributed by atoms with Crippen LogP contribution in [0.1, 0.15) is 22.8 Å². The molecule has 0 saturated heterocycles. The Bertz CT molecular complexity index is 345. The zero-order valence-electron chi connectivity index (χ0n) is 7.92. The molecular weight excluding hydrogens is 184 g/mol. The van der Waals surface area contributed by atoms with Gasteiger partial charge in [0, 0.05) is 4.90 Å². The molecule has 3 heteroatoms. The highest BCUT2D eigenvalue weighted by molar-refractivity contribution is 7.98. The molecule has 0 atom stereocenters. The zero-order valence-corrected chi connectivity index (χ0v) is 8.73. The monoisotopic (exact) mass is 196 g/mol. The van der Waals surface area contributed by atoms with Gasteiger partial charge in [-0.2, -0.15) is 0 Å². The van der Waals surface area contributed by atoms with Crippen LogP contribution >= 0.6 is 11.8 Å². The molecule has 0 fully saturated rings. The molecule has 13 heavy (non-hydrogen) atoms. The van der Waals surface area contributed by atoms with E-state index in [0.717, 1.165) is 10.5 Å². The van der Waals surface area contributed by atoms with Crippen molar-refractivity contribution in [3.63, 3.8) is 0 Å². The van der Waals surface area contributed by atoms with Crippen LogP contribution in [0.25, 0.3) is 0 Å². The number of Topliss-reactive ketones (excluding diaryl/α,β-unsaturated/α-hetero) is 1. The second-order valence-electron chi connectivity index (χ2n) is 2.90. The van der Waals surface area contributed by atoms with E-state index in [9.17, 15) is 9.90 Å². The molecule has 1 N–H and O–H groups in total. The predicted molar refractivity (Wildman–Crippen MR) is 54.6 cm³/mol. The van der Waals surface area contributed by atoms with Gasteiger partial charge in [0.1, 0.15) is 5.75 Å². The fourth-order valence-corrected chi connectivity index (χ4v) is 1.79. The van der Waals surface area contributed by atoms with Crippen LogP contribution in [0, 0.1) is 6.92 Å². The van der Waals surface area contributed by atoms with Gasteiger partial charge in [0.05, 0.1) is 5.56 Å². The highest BCUT2D eigenvalue weighted by atomic mass is 32.2. The number of thioether (sulfide) groups is 1. The Balaban J connectivity index is 3.30. The molecule has 2 nitrogen and oxygen atoms in total. The molecular formula is C10H12O2S. The third-order valence-electron chi connectivity index (χ3n) is 1.89. The van der Waals surface area contributed by atoms with Gasteiger partial charge in [-0.25, -0.2) is 0 Å². The van der Waals surface area contributed by atoms with Gasteiger partial charge in [0.2, 0.25) is 0 Å². The van der Waals surface area contributed by atoms with E-state index in [1.54, 1.807) is 23.9 Å². The van der Waals surface area contributed by atoms with Crippen molar-refractivity contribution in [2.75, 3.05) is 6.26 Å². The predicted octanol–water partition coefficient (Wildman–Crippen LogP) is 2.63. The maximum atomic E-state index is 11.1. The number of ketones is 1. The van der Waals surface area contributed by atoms with Crippen LogP contribution in [0.15, 0.2) is 17.0 Å². The van der Waals surface area contributed by atoms with Gasteiger partial charge in [-0.05, 0) is 37.8 Å². The minimum Gasteiger partial charge on any atom is -0.507 e. The Morgan fingerprint density at radius 1 is 1.46 bits per heavy atom. The lowest BCUT2D eigenvalue weighted by molar-refractivity contribution is 0.101. The van der Waals surface area contributed by atoms with Gasteiger partial charge in [-0.15, -0.1) is 11.8 Å². The maximum absolute atomic E-state index is 11.1. The lowest BCUT2D eigenvalue weighted by Gasteiger charge is -2.06. The first kappa shape index (κ1) is 10.1. The van der Waals surface area contributed by atoms with E-state index in [2.05, 4.69) is 0 Å². The van der Waals surface area contributed by atoms with E-state index >= 15 is 0 Å². The number of carbonyl (C=O) groups is 1. The van der Waals surface area contributed by atoms with E-state index in [-0.39, 0.29) is 11.5 Å². The Morgan fingerprint density at radius 2 is 2.08 bits per heavy atom. The average molecular weight is 196 g/mol. The first-order valence-corrected chi connectivity index (χ1v) is 5.17. The van der Waals surface area contributed by atoms with Crippen LogP contribution in [0.3, 0.4) is 0 Å². The van der Waals surface area contributed by atoms with Crippen LogP contribution in [-0.4, -0.2) is 17.1 Å². The molecule has 0 radical (unpaired) electrons. The van der Waals surface area contributed by atoms with Crippen LogP contribution in [0.5, 0.6) is 5.75 Å². The SMILES string of the molecule is CSc1cc(C(C)=O)c(O)cc1C. The number of phenols is 1. The summed E-state index contributed by atoms with van der Waals surface area (Å²) in [5.74, 6) is -0.0319. The van der Waals surface area contributed by atoms with Gasteiger partial charge in [0.15, 0.2) is 5.78 Å². The quantitative estimate of drug-likeness (QED) is 0.583. The first-order chi connectivity index (χ1) is 6.06. The molecule has 70 valence electrons. The molecule has 0 saturated carbocycles. The van der Waals surface area contributed by atoms with Crippen LogP contribution in [0.2, 0.25) is 0 Å². The van der Waals surface area contributed by atoms with Crippen molar-refractivity contribution in [2.45, 2.75) is 18.7 Å². The van der Waals surface area contributed by atoms with Crippen molar-refractivity contribution in [2.24, 2.45) is 0 Å². The maximum Gasteiger partial charge on any atom is 0.163 e. The second-order valence-corrected chi connectivity index (χ2v) is 3.74. The standard InChI is InChI=1S/C10H12O2S/c1-6-4-9(12)8(7(2)11)5-10(6)13-3/h4-5,12H,1-3H3. The van der Waals surface area contributed by atoms with Crippen LogP contribution < -0.4 is 0 Å². The van der Waals surface area contributed by atoms with Crippen LogP contribution in [0.4, 0.5) is 0 Å². The number of aryl methyl sites for hydroxylation is 1. The molecule has 0 aliphatic carbocycles. The summed E-state index contributed by atoms with van der Waals surface area (Å²) < 4.78 is 0. The molecule has 0 unspecified atom stereocenters. The van der Waals surface area contributed by atoms with Gasteiger partial charge >= 0.3 is 0 Å². The Morgan fingerprint density at radius 3 is 2.54 bits per heavy atom. The van der Waals surface area contributed by atoms with Crippen molar-refractivity contribution in [1.82, 2.24) is 0 Å². The summed E-state index contributed by atoms with van der Waals surface area (Å²) in [6.07, 6.45) is 1.95. The smallest absolute Gasteiger partial charge is 0.163 e. The Kier molecular flexibility index (Phi) is 2.98. The largest absolute Gasteiger partial charge is 0.507 e. The summed E-state index contributed by atoms with van der Waals surface area (Å²) in [7, 11) is 0. The summed E-state index contributed by atoms with van der Waals surface area (Å²) in [4.78, 5) is 12.1. The van der Waals surface area contributed by atoms with Gasteiger partial charge in [0.25, 0.3) is 0 Å². The normalized spacial score (nSPS) is 10.1.